The van der Waals surface area contributed by atoms with Gasteiger partial charge in [0.05, 0.1) is 25.3 Å². The molecule has 0 bridgehead atoms. The second kappa shape index (κ2) is 8.01. The minimum atomic E-state index is -0.194. The first-order chi connectivity index (χ1) is 13.3. The Morgan fingerprint density at radius 2 is 1.93 bits per heavy atom. The molecule has 0 spiro atoms. The number of nitrogens with one attached hydrogen (secondary N) is 1. The molecule has 3 heterocycles. The van der Waals surface area contributed by atoms with Crippen molar-refractivity contribution in [1.82, 2.24) is 15.5 Å². The number of anilines is 1. The molecule has 1 saturated heterocycles. The topological polar surface area (TPSA) is 80.5 Å². The highest BCUT2D eigenvalue weighted by Crippen LogP contribution is 2.19. The lowest BCUT2D eigenvalue weighted by Crippen LogP contribution is -2.36. The molecule has 1 aliphatic rings. The number of hydrogen-bond acceptors (Lipinski definition) is 6. The van der Waals surface area contributed by atoms with Gasteiger partial charge < -0.3 is 19.5 Å². The molecule has 0 aliphatic carbocycles. The average Bonchev–Trinajstić information content (AvgIpc) is 3.22. The van der Waals surface area contributed by atoms with Gasteiger partial charge in [0, 0.05) is 30.9 Å². The van der Waals surface area contributed by atoms with Crippen molar-refractivity contribution in [3.05, 3.63) is 66.0 Å². The van der Waals surface area contributed by atoms with Crippen molar-refractivity contribution >= 4 is 11.7 Å². The smallest absolute Gasteiger partial charge is 0.253 e. The maximum absolute atomic E-state index is 12.3. The van der Waals surface area contributed by atoms with Crippen LogP contribution in [0.5, 0.6) is 0 Å². The molecule has 27 heavy (non-hydrogen) atoms. The molecule has 7 heteroatoms. The molecule has 0 radical (unpaired) electrons. The molecular weight excluding hydrogens is 344 g/mol. The third-order valence-corrected chi connectivity index (χ3v) is 4.39. The normalized spacial score (nSPS) is 14.1. The number of amides is 1. The van der Waals surface area contributed by atoms with Crippen molar-refractivity contribution in [2.24, 2.45) is 0 Å². The van der Waals surface area contributed by atoms with Crippen molar-refractivity contribution in [1.29, 1.82) is 0 Å². The number of carbonyl (C=O) groups excluding carboxylic acids is 1. The zero-order valence-corrected chi connectivity index (χ0v) is 14.8. The highest BCUT2D eigenvalue weighted by atomic mass is 16.5. The van der Waals surface area contributed by atoms with Gasteiger partial charge in [0.25, 0.3) is 5.91 Å². The number of nitrogens with zero attached hydrogens (tertiary/aromatic N) is 3. The summed E-state index contributed by atoms with van der Waals surface area (Å²) in [6.45, 7) is 3.32. The largest absolute Gasteiger partial charge is 0.378 e. The van der Waals surface area contributed by atoms with E-state index in [1.54, 1.807) is 12.3 Å². The van der Waals surface area contributed by atoms with Crippen LogP contribution < -0.4 is 10.2 Å². The Kier molecular flexibility index (Phi) is 5.11. The molecule has 1 fully saturated rings. The zero-order valence-electron chi connectivity index (χ0n) is 14.8. The zero-order chi connectivity index (χ0) is 18.5. The van der Waals surface area contributed by atoms with E-state index >= 15 is 0 Å². The number of hydrogen-bond donors (Lipinski definition) is 1. The third-order valence-electron chi connectivity index (χ3n) is 4.39. The van der Waals surface area contributed by atoms with E-state index in [4.69, 9.17) is 9.26 Å². The Morgan fingerprint density at radius 1 is 1.11 bits per heavy atom. The van der Waals surface area contributed by atoms with Gasteiger partial charge in [-0.2, -0.15) is 0 Å². The van der Waals surface area contributed by atoms with Gasteiger partial charge in [0.1, 0.15) is 11.5 Å². The van der Waals surface area contributed by atoms with Crippen LogP contribution in [0.25, 0.3) is 11.3 Å². The summed E-state index contributed by atoms with van der Waals surface area (Å²) in [5.74, 6) is 1.34. The molecule has 3 aromatic rings. The first kappa shape index (κ1) is 17.2. The van der Waals surface area contributed by atoms with Crippen LogP contribution in [0.4, 0.5) is 5.82 Å². The fourth-order valence-corrected chi connectivity index (χ4v) is 2.91. The SMILES string of the molecule is O=C(NCc1cc(-c2ccccc2)on1)c1ccc(N2CCOCC2)nc1. The lowest BCUT2D eigenvalue weighted by Gasteiger charge is -2.27. The highest BCUT2D eigenvalue weighted by molar-refractivity contribution is 5.94. The van der Waals surface area contributed by atoms with Crippen LogP contribution in [0.3, 0.4) is 0 Å². The minimum Gasteiger partial charge on any atom is -0.378 e. The van der Waals surface area contributed by atoms with Crippen molar-refractivity contribution in [3.63, 3.8) is 0 Å². The molecule has 0 atom stereocenters. The summed E-state index contributed by atoms with van der Waals surface area (Å²) < 4.78 is 10.7. The molecule has 1 aliphatic heterocycles. The number of benzene rings is 1. The number of aromatic nitrogens is 2. The maximum Gasteiger partial charge on any atom is 0.253 e. The molecule has 0 unspecified atom stereocenters. The molecule has 1 N–H and O–H groups in total. The third kappa shape index (κ3) is 4.15. The molecule has 4 rings (SSSR count). The number of ether oxygens (including phenoxy) is 1. The Morgan fingerprint density at radius 3 is 2.67 bits per heavy atom. The van der Waals surface area contributed by atoms with Gasteiger partial charge in [-0.3, -0.25) is 4.79 Å². The van der Waals surface area contributed by atoms with Gasteiger partial charge in [-0.25, -0.2) is 4.98 Å². The van der Waals surface area contributed by atoms with Crippen molar-refractivity contribution in [2.75, 3.05) is 31.2 Å². The van der Waals surface area contributed by atoms with Crippen molar-refractivity contribution < 1.29 is 14.1 Å². The standard InChI is InChI=1S/C20H20N4O3/c25-20(16-6-7-19(21-13-16)24-8-10-26-11-9-24)22-14-17-12-18(27-23-17)15-4-2-1-3-5-15/h1-7,12-13H,8-11,14H2,(H,22,25). The van der Waals surface area contributed by atoms with Crippen LogP contribution >= 0.6 is 0 Å². The molecule has 0 saturated carbocycles. The maximum atomic E-state index is 12.3. The summed E-state index contributed by atoms with van der Waals surface area (Å²) in [6, 6.07) is 15.2. The first-order valence-electron chi connectivity index (χ1n) is 8.87. The molecule has 1 aromatic carbocycles. The summed E-state index contributed by atoms with van der Waals surface area (Å²) >= 11 is 0. The lowest BCUT2D eigenvalue weighted by atomic mass is 10.1. The number of morpholine rings is 1. The van der Waals surface area contributed by atoms with Crippen LogP contribution in [0.15, 0.2) is 59.3 Å². The van der Waals surface area contributed by atoms with Gasteiger partial charge in [0.2, 0.25) is 0 Å². The average molecular weight is 364 g/mol. The summed E-state index contributed by atoms with van der Waals surface area (Å²) in [6.07, 6.45) is 1.60. The van der Waals surface area contributed by atoms with Crippen LogP contribution in [-0.4, -0.2) is 42.4 Å². The Bertz CT molecular complexity index is 887. The Labute approximate surface area is 156 Å². The van der Waals surface area contributed by atoms with Gasteiger partial charge in [-0.05, 0) is 12.1 Å². The fraction of sp³-hybridized carbons (Fsp3) is 0.250. The van der Waals surface area contributed by atoms with E-state index in [0.717, 1.165) is 24.5 Å². The van der Waals surface area contributed by atoms with Gasteiger partial charge in [-0.15, -0.1) is 0 Å². The Hall–Kier alpha value is -3.19. The lowest BCUT2D eigenvalue weighted by molar-refractivity contribution is 0.0949. The summed E-state index contributed by atoms with van der Waals surface area (Å²) in [5, 5.41) is 6.85. The van der Waals surface area contributed by atoms with Crippen molar-refractivity contribution in [2.45, 2.75) is 6.54 Å². The predicted molar refractivity (Wildman–Crippen MR) is 100 cm³/mol. The number of rotatable bonds is 5. The number of carbonyl (C=O) groups is 1. The second-order valence-corrected chi connectivity index (χ2v) is 6.24. The van der Waals surface area contributed by atoms with Gasteiger partial charge in [0.15, 0.2) is 5.76 Å². The van der Waals surface area contributed by atoms with Crippen LogP contribution in [0, 0.1) is 0 Å². The van der Waals surface area contributed by atoms with Gasteiger partial charge >= 0.3 is 0 Å². The Balaban J connectivity index is 1.35. The molecular formula is C20H20N4O3. The summed E-state index contributed by atoms with van der Waals surface area (Å²) in [7, 11) is 0. The van der Waals surface area contributed by atoms with E-state index in [9.17, 15) is 4.79 Å². The van der Waals surface area contributed by atoms with E-state index in [2.05, 4.69) is 20.4 Å². The number of pyridine rings is 1. The first-order valence-corrected chi connectivity index (χ1v) is 8.87. The van der Waals surface area contributed by atoms with E-state index in [1.807, 2.05) is 42.5 Å². The summed E-state index contributed by atoms with van der Waals surface area (Å²) in [5.41, 5.74) is 2.13. The fourth-order valence-electron chi connectivity index (χ4n) is 2.91. The van der Waals surface area contributed by atoms with E-state index in [1.165, 1.54) is 0 Å². The molecule has 2 aromatic heterocycles. The van der Waals surface area contributed by atoms with E-state index < -0.39 is 0 Å². The monoisotopic (exact) mass is 364 g/mol. The van der Waals surface area contributed by atoms with Gasteiger partial charge in [-0.1, -0.05) is 35.5 Å². The van der Waals surface area contributed by atoms with E-state index in [0.29, 0.717) is 36.8 Å². The second-order valence-electron chi connectivity index (χ2n) is 6.24. The quantitative estimate of drug-likeness (QED) is 0.749. The molecule has 138 valence electrons. The molecule has 1 amide bonds. The summed E-state index contributed by atoms with van der Waals surface area (Å²) in [4.78, 5) is 18.9. The van der Waals surface area contributed by atoms with Crippen LogP contribution in [0.2, 0.25) is 0 Å². The van der Waals surface area contributed by atoms with Crippen molar-refractivity contribution in [3.8, 4) is 11.3 Å². The minimum absolute atomic E-state index is 0.194. The van der Waals surface area contributed by atoms with Crippen LogP contribution in [-0.2, 0) is 11.3 Å². The van der Waals surface area contributed by atoms with E-state index in [-0.39, 0.29) is 5.91 Å². The predicted octanol–water partition coefficient (Wildman–Crippen LogP) is 2.50. The highest BCUT2D eigenvalue weighted by Gasteiger charge is 2.14. The molecule has 7 nitrogen and oxygen atoms in total. The van der Waals surface area contributed by atoms with Crippen LogP contribution in [0.1, 0.15) is 16.1 Å².